The Labute approximate surface area is 229 Å². The van der Waals surface area contributed by atoms with Crippen LogP contribution in [-0.4, -0.2) is 76.1 Å². The van der Waals surface area contributed by atoms with Gasteiger partial charge in [0.25, 0.3) is 5.56 Å². The number of aliphatic hydroxyl groups excluding tert-OH is 1. The minimum absolute atomic E-state index is 0.157. The first-order valence-electron chi connectivity index (χ1n) is 13.9. The molecule has 1 aliphatic carbocycles. The zero-order valence-electron chi connectivity index (χ0n) is 23.3. The second-order valence-corrected chi connectivity index (χ2v) is 9.60. The number of hydrogen-bond donors (Lipinski definition) is 2. The third-order valence-corrected chi connectivity index (χ3v) is 6.71. The van der Waals surface area contributed by atoms with E-state index >= 15 is 0 Å². The molecule has 2 aliphatic rings. The van der Waals surface area contributed by atoms with Gasteiger partial charge in [0.05, 0.1) is 25.8 Å². The minimum atomic E-state index is -0.157. The number of rotatable bonds is 11. The number of methoxy groups -OCH3 is 1. The summed E-state index contributed by atoms with van der Waals surface area (Å²) in [6.45, 7) is 8.34. The fourth-order valence-electron chi connectivity index (χ4n) is 4.66. The van der Waals surface area contributed by atoms with E-state index in [2.05, 4.69) is 32.1 Å². The van der Waals surface area contributed by atoms with Crippen molar-refractivity contribution in [1.82, 2.24) is 24.4 Å². The van der Waals surface area contributed by atoms with Gasteiger partial charge in [-0.3, -0.25) is 9.36 Å². The molecule has 10 nitrogen and oxygen atoms in total. The highest BCUT2D eigenvalue weighted by Gasteiger charge is 2.24. The molecule has 0 bridgehead atoms. The highest BCUT2D eigenvalue weighted by Crippen LogP contribution is 2.34. The van der Waals surface area contributed by atoms with Crippen LogP contribution in [0, 0.1) is 0 Å². The predicted octanol–water partition coefficient (Wildman–Crippen LogP) is 3.84. The number of fused-ring (bicyclic) bond motifs is 1. The molecule has 0 spiro atoms. The molecule has 1 saturated carbocycles. The van der Waals surface area contributed by atoms with Crippen molar-refractivity contribution in [3.63, 3.8) is 0 Å². The van der Waals surface area contributed by atoms with Crippen LogP contribution in [0.2, 0.25) is 0 Å². The number of nitrogens with zero attached hydrogens (tertiary/aromatic N) is 5. The van der Waals surface area contributed by atoms with E-state index < -0.39 is 0 Å². The van der Waals surface area contributed by atoms with E-state index in [1.165, 1.54) is 24.1 Å². The van der Waals surface area contributed by atoms with Crippen LogP contribution < -0.4 is 15.6 Å². The zero-order chi connectivity index (χ0) is 27.6. The van der Waals surface area contributed by atoms with Crippen molar-refractivity contribution in [2.75, 3.05) is 51.9 Å². The maximum absolute atomic E-state index is 13.6. The van der Waals surface area contributed by atoms with Gasteiger partial charge >= 0.3 is 0 Å². The summed E-state index contributed by atoms with van der Waals surface area (Å²) in [7, 11) is 1.59. The van der Waals surface area contributed by atoms with E-state index in [9.17, 15) is 4.79 Å². The third kappa shape index (κ3) is 7.33. The summed E-state index contributed by atoms with van der Waals surface area (Å²) in [4.78, 5) is 29.6. The van der Waals surface area contributed by atoms with Crippen molar-refractivity contribution in [1.29, 1.82) is 0 Å². The summed E-state index contributed by atoms with van der Waals surface area (Å²) in [5.41, 5.74) is 5.63. The van der Waals surface area contributed by atoms with E-state index in [1.54, 1.807) is 31.0 Å². The number of likely N-dealkylation sites (tertiary alicyclic amines) is 1. The molecule has 2 fully saturated rings. The standard InChI is InChI=1S/C27H34N6O3.C2H6O/c1-3-13-36-14-12-33-22-15-21(20-8-9-24(35-2)28-16-20)17-29-25(22)31-26(27(33)34)30-18-23(19-6-7-19)32-10-4-5-11-32;1-2-3/h8-9,15-17H,3-7,10-14,18H2,1-2H3,(H,29,30,31);3H,2H2,1H3. The van der Waals surface area contributed by atoms with E-state index in [0.29, 0.717) is 49.2 Å². The van der Waals surface area contributed by atoms with Gasteiger partial charge in [-0.15, -0.1) is 0 Å². The van der Waals surface area contributed by atoms with E-state index in [-0.39, 0.29) is 12.2 Å². The molecule has 0 amide bonds. The highest BCUT2D eigenvalue weighted by molar-refractivity contribution is 5.79. The summed E-state index contributed by atoms with van der Waals surface area (Å²) in [5.74, 6) is 0.881. The largest absolute Gasteiger partial charge is 0.481 e. The third-order valence-electron chi connectivity index (χ3n) is 6.71. The summed E-state index contributed by atoms with van der Waals surface area (Å²) in [5, 5.41) is 10.9. The van der Waals surface area contributed by atoms with Crippen molar-refractivity contribution in [3.05, 3.63) is 52.2 Å². The van der Waals surface area contributed by atoms with Crippen molar-refractivity contribution < 1.29 is 14.6 Å². The van der Waals surface area contributed by atoms with Crippen molar-refractivity contribution >= 4 is 17.0 Å². The second kappa shape index (κ2) is 14.0. The number of hydrogen-bond acceptors (Lipinski definition) is 9. The Hall–Kier alpha value is -3.50. The molecule has 1 aliphatic heterocycles. The van der Waals surface area contributed by atoms with Crippen LogP contribution in [0.3, 0.4) is 0 Å². The van der Waals surface area contributed by atoms with E-state index in [0.717, 1.165) is 43.5 Å². The number of aromatic nitrogens is 4. The van der Waals surface area contributed by atoms with E-state index in [1.807, 2.05) is 18.2 Å². The molecule has 10 heteroatoms. The molecule has 5 rings (SSSR count). The van der Waals surface area contributed by atoms with Gasteiger partial charge in [-0.1, -0.05) is 6.92 Å². The van der Waals surface area contributed by atoms with Crippen molar-refractivity contribution in [2.45, 2.75) is 52.5 Å². The Bertz CT molecular complexity index is 1310. The Morgan fingerprint density at radius 3 is 2.46 bits per heavy atom. The number of ether oxygens (including phenoxy) is 2. The Kier molecular flexibility index (Phi) is 10.3. The van der Waals surface area contributed by atoms with Gasteiger partial charge in [-0.05, 0) is 56.7 Å². The fraction of sp³-hybridized carbons (Fsp3) is 0.517. The maximum Gasteiger partial charge on any atom is 0.293 e. The smallest absolute Gasteiger partial charge is 0.293 e. The van der Waals surface area contributed by atoms with Crippen molar-refractivity contribution in [2.24, 2.45) is 0 Å². The molecule has 210 valence electrons. The van der Waals surface area contributed by atoms with Gasteiger partial charge in [0.15, 0.2) is 11.5 Å². The molecule has 0 unspecified atom stereocenters. The van der Waals surface area contributed by atoms with Crippen molar-refractivity contribution in [3.8, 4) is 17.0 Å². The summed E-state index contributed by atoms with van der Waals surface area (Å²) in [6.07, 6.45) is 9.21. The normalized spacial score (nSPS) is 14.3. The number of aliphatic hydroxyl groups is 1. The summed E-state index contributed by atoms with van der Waals surface area (Å²) < 4.78 is 12.6. The monoisotopic (exact) mass is 536 g/mol. The van der Waals surface area contributed by atoms with Crippen LogP contribution in [0.15, 0.2) is 46.7 Å². The second-order valence-electron chi connectivity index (χ2n) is 9.60. The van der Waals surface area contributed by atoms with Gasteiger partial charge in [0, 0.05) is 68.1 Å². The number of anilines is 1. The lowest BCUT2D eigenvalue weighted by Gasteiger charge is -2.22. The number of allylic oxidation sites excluding steroid dienone is 1. The van der Waals surface area contributed by atoms with Crippen LogP contribution in [0.4, 0.5) is 5.82 Å². The molecule has 39 heavy (non-hydrogen) atoms. The number of nitrogens with one attached hydrogen (secondary N) is 1. The first-order valence-corrected chi connectivity index (χ1v) is 13.9. The quantitative estimate of drug-likeness (QED) is 0.353. The van der Waals surface area contributed by atoms with Crippen LogP contribution in [0.25, 0.3) is 22.3 Å². The van der Waals surface area contributed by atoms with Crippen LogP contribution in [-0.2, 0) is 11.3 Å². The SMILES string of the molecule is CCCOCCn1c(=O)c(NCC(=C2CC2)N2CCCC2)nc2ncc(-c3ccc(OC)nc3)cc21.CCO. The molecular weight excluding hydrogens is 496 g/mol. The maximum atomic E-state index is 13.6. The first kappa shape index (κ1) is 28.5. The molecule has 3 aromatic heterocycles. The molecule has 3 aromatic rings. The number of pyridine rings is 2. The summed E-state index contributed by atoms with van der Waals surface area (Å²) in [6, 6.07) is 5.69. The first-order chi connectivity index (χ1) is 19.1. The minimum Gasteiger partial charge on any atom is -0.481 e. The molecule has 2 N–H and O–H groups in total. The summed E-state index contributed by atoms with van der Waals surface area (Å²) >= 11 is 0. The van der Waals surface area contributed by atoms with Crippen LogP contribution in [0.1, 0.15) is 46.0 Å². The fourth-order valence-corrected chi connectivity index (χ4v) is 4.66. The van der Waals surface area contributed by atoms with Gasteiger partial charge in [-0.2, -0.15) is 0 Å². The van der Waals surface area contributed by atoms with Gasteiger partial charge in [-0.25, -0.2) is 15.0 Å². The topological polar surface area (TPSA) is 115 Å². The molecule has 0 atom stereocenters. The van der Waals surface area contributed by atoms with Crippen LogP contribution >= 0.6 is 0 Å². The van der Waals surface area contributed by atoms with Gasteiger partial charge < -0.3 is 24.8 Å². The lowest BCUT2D eigenvalue weighted by molar-refractivity contribution is 0.127. The molecule has 4 heterocycles. The van der Waals surface area contributed by atoms with E-state index in [4.69, 9.17) is 14.6 Å². The average molecular weight is 537 g/mol. The Balaban J connectivity index is 0.00000112. The Morgan fingerprint density at radius 1 is 1.08 bits per heavy atom. The predicted molar refractivity (Wildman–Crippen MR) is 153 cm³/mol. The molecule has 0 aromatic carbocycles. The van der Waals surface area contributed by atoms with Gasteiger partial charge in [0.2, 0.25) is 5.88 Å². The van der Waals surface area contributed by atoms with Gasteiger partial charge in [0.1, 0.15) is 0 Å². The molecule has 1 saturated heterocycles. The van der Waals surface area contributed by atoms with Crippen LogP contribution in [0.5, 0.6) is 5.88 Å². The lowest BCUT2D eigenvalue weighted by atomic mass is 10.1. The Morgan fingerprint density at radius 2 is 1.82 bits per heavy atom. The molecule has 0 radical (unpaired) electrons. The highest BCUT2D eigenvalue weighted by atomic mass is 16.5. The zero-order valence-corrected chi connectivity index (χ0v) is 23.3. The average Bonchev–Trinajstić information content (AvgIpc) is 3.65. The molecular formula is C29H40N6O4. The lowest BCUT2D eigenvalue weighted by Crippen LogP contribution is -2.30.